The average molecular weight is 436 g/mol. The van der Waals surface area contributed by atoms with Crippen LogP contribution in [0.4, 0.5) is 11.4 Å². The Hall–Kier alpha value is -3.32. The minimum absolute atomic E-state index is 0.139. The maximum absolute atomic E-state index is 2.33. The lowest BCUT2D eigenvalue weighted by Gasteiger charge is -2.28. The molecule has 0 saturated carbocycles. The van der Waals surface area contributed by atoms with Crippen molar-refractivity contribution in [2.24, 2.45) is 0 Å². The van der Waals surface area contributed by atoms with Crippen molar-refractivity contribution >= 4 is 23.5 Å². The number of benzene rings is 3. The molecule has 0 spiro atoms. The van der Waals surface area contributed by atoms with E-state index in [-0.39, 0.29) is 5.41 Å². The van der Waals surface area contributed by atoms with Gasteiger partial charge in [-0.25, -0.2) is 0 Å². The summed E-state index contributed by atoms with van der Waals surface area (Å²) < 4.78 is 0. The predicted octanol–water partition coefficient (Wildman–Crippen LogP) is 9.47. The number of allylic oxidation sites excluding steroid dienone is 3. The van der Waals surface area contributed by atoms with Crippen LogP contribution >= 0.6 is 0 Å². The smallest absolute Gasteiger partial charge is 0.0461 e. The summed E-state index contributed by atoms with van der Waals surface area (Å²) in [5, 5.41) is 0. The predicted molar refractivity (Wildman–Crippen MR) is 147 cm³/mol. The number of rotatable bonds is 7. The van der Waals surface area contributed by atoms with E-state index >= 15 is 0 Å². The Balaban J connectivity index is 1.93. The number of aryl methyl sites for hydroxylation is 1. The Morgan fingerprint density at radius 2 is 1.24 bits per heavy atom. The molecular weight excluding hydrogens is 398 g/mol. The van der Waals surface area contributed by atoms with E-state index in [9.17, 15) is 0 Å². The topological polar surface area (TPSA) is 3.24 Å². The molecular formula is C32H37N. The molecule has 33 heavy (non-hydrogen) atoms. The van der Waals surface area contributed by atoms with Gasteiger partial charge in [0.2, 0.25) is 0 Å². The minimum Gasteiger partial charge on any atom is -0.311 e. The normalized spacial score (nSPS) is 12.6. The van der Waals surface area contributed by atoms with Crippen molar-refractivity contribution in [3.8, 4) is 0 Å². The van der Waals surface area contributed by atoms with Gasteiger partial charge in [0.25, 0.3) is 0 Å². The van der Waals surface area contributed by atoms with Gasteiger partial charge >= 0.3 is 0 Å². The van der Waals surface area contributed by atoms with Crippen molar-refractivity contribution in [3.05, 3.63) is 119 Å². The summed E-state index contributed by atoms with van der Waals surface area (Å²) >= 11 is 0. The molecule has 0 aliphatic carbocycles. The highest BCUT2D eigenvalue weighted by Gasteiger charge is 2.16. The fraction of sp³-hybridized carbons (Fsp3) is 0.250. The maximum atomic E-state index is 2.33. The van der Waals surface area contributed by atoms with Gasteiger partial charge in [-0.3, -0.25) is 0 Å². The maximum Gasteiger partial charge on any atom is 0.0461 e. The van der Waals surface area contributed by atoms with E-state index in [2.05, 4.69) is 150 Å². The minimum atomic E-state index is 0.139. The molecule has 0 aliphatic heterocycles. The van der Waals surface area contributed by atoms with Crippen molar-refractivity contribution < 1.29 is 0 Å². The van der Waals surface area contributed by atoms with Gasteiger partial charge in [0.05, 0.1) is 0 Å². The van der Waals surface area contributed by atoms with Crippen LogP contribution in [0.5, 0.6) is 0 Å². The SMILES string of the molecule is CC=C(C=CCC)N(c1ccc(C=Cc2ccc(C)cc2)cc1)c1ccc(C(C)(C)C)cc1. The highest BCUT2D eigenvalue weighted by molar-refractivity contribution is 5.74. The fourth-order valence-corrected chi connectivity index (χ4v) is 3.70. The van der Waals surface area contributed by atoms with E-state index in [0.29, 0.717) is 0 Å². The van der Waals surface area contributed by atoms with Crippen LogP contribution in [0.3, 0.4) is 0 Å². The van der Waals surface area contributed by atoms with Crippen LogP contribution in [-0.2, 0) is 5.41 Å². The van der Waals surface area contributed by atoms with Gasteiger partial charge in [0.1, 0.15) is 0 Å². The Labute approximate surface area is 200 Å². The van der Waals surface area contributed by atoms with E-state index in [1.165, 1.54) is 33.6 Å². The second kappa shape index (κ2) is 11.0. The molecule has 0 heterocycles. The molecule has 0 atom stereocenters. The van der Waals surface area contributed by atoms with Gasteiger partial charge in [-0.1, -0.05) is 106 Å². The molecule has 0 N–H and O–H groups in total. The first-order valence-corrected chi connectivity index (χ1v) is 11.9. The van der Waals surface area contributed by atoms with Crippen LogP contribution < -0.4 is 4.90 Å². The zero-order chi connectivity index (χ0) is 23.8. The lowest BCUT2D eigenvalue weighted by atomic mass is 9.87. The third-order valence-corrected chi connectivity index (χ3v) is 5.77. The van der Waals surface area contributed by atoms with Gasteiger partial charge in [-0.15, -0.1) is 0 Å². The molecule has 1 nitrogen and oxygen atoms in total. The van der Waals surface area contributed by atoms with E-state index in [1.807, 2.05) is 0 Å². The highest BCUT2D eigenvalue weighted by Crippen LogP contribution is 2.33. The third kappa shape index (κ3) is 6.58. The molecule has 0 unspecified atom stereocenters. The number of hydrogen-bond acceptors (Lipinski definition) is 1. The second-order valence-corrected chi connectivity index (χ2v) is 9.49. The van der Waals surface area contributed by atoms with Gasteiger partial charge in [-0.2, -0.15) is 0 Å². The zero-order valence-corrected chi connectivity index (χ0v) is 21.0. The number of anilines is 2. The molecule has 0 aliphatic rings. The molecule has 0 fully saturated rings. The molecule has 3 rings (SSSR count). The first-order chi connectivity index (χ1) is 15.8. The first kappa shape index (κ1) is 24.3. The van der Waals surface area contributed by atoms with Crippen molar-refractivity contribution in [2.75, 3.05) is 4.90 Å². The molecule has 3 aromatic rings. The monoisotopic (exact) mass is 435 g/mol. The van der Waals surface area contributed by atoms with Gasteiger partial charge < -0.3 is 4.90 Å². The van der Waals surface area contributed by atoms with Gasteiger partial charge in [-0.05, 0) is 72.7 Å². The molecule has 0 bridgehead atoms. The molecule has 3 aromatic carbocycles. The van der Waals surface area contributed by atoms with Crippen LogP contribution in [0.1, 0.15) is 63.3 Å². The second-order valence-electron chi connectivity index (χ2n) is 9.49. The highest BCUT2D eigenvalue weighted by atomic mass is 15.1. The summed E-state index contributed by atoms with van der Waals surface area (Å²) in [6, 6.07) is 26.3. The Morgan fingerprint density at radius 1 is 0.758 bits per heavy atom. The summed E-state index contributed by atoms with van der Waals surface area (Å²) in [5.74, 6) is 0. The molecule has 0 amide bonds. The van der Waals surface area contributed by atoms with Crippen LogP contribution in [0.25, 0.3) is 12.2 Å². The van der Waals surface area contributed by atoms with Gasteiger partial charge in [0, 0.05) is 17.1 Å². The number of nitrogens with zero attached hydrogens (tertiary/aromatic N) is 1. The summed E-state index contributed by atoms with van der Waals surface area (Å²) in [7, 11) is 0. The fourth-order valence-electron chi connectivity index (χ4n) is 3.70. The quantitative estimate of drug-likeness (QED) is 0.264. The molecule has 1 heteroatoms. The lowest BCUT2D eigenvalue weighted by Crippen LogP contribution is -2.16. The lowest BCUT2D eigenvalue weighted by molar-refractivity contribution is 0.590. The standard InChI is InChI=1S/C32H37N/c1-7-9-10-29(8-2)33(31-23-19-28(20-24-31)32(4,5)6)30-21-17-27(18-22-30)16-15-26-13-11-25(3)12-14-26/h8-24H,7H2,1-6H3. The molecule has 0 aromatic heterocycles. The van der Waals surface area contributed by atoms with E-state index in [0.717, 1.165) is 12.1 Å². The van der Waals surface area contributed by atoms with E-state index in [4.69, 9.17) is 0 Å². The largest absolute Gasteiger partial charge is 0.311 e. The van der Waals surface area contributed by atoms with Crippen LogP contribution in [-0.4, -0.2) is 0 Å². The Morgan fingerprint density at radius 3 is 1.70 bits per heavy atom. The van der Waals surface area contributed by atoms with E-state index < -0.39 is 0 Å². The third-order valence-electron chi connectivity index (χ3n) is 5.77. The zero-order valence-electron chi connectivity index (χ0n) is 21.0. The Bertz CT molecular complexity index is 1100. The van der Waals surface area contributed by atoms with Crippen molar-refractivity contribution in [3.63, 3.8) is 0 Å². The summed E-state index contributed by atoms with van der Waals surface area (Å²) in [5.41, 5.74) is 8.65. The molecule has 170 valence electrons. The Kier molecular flexibility index (Phi) is 8.11. The van der Waals surface area contributed by atoms with Crippen LogP contribution in [0.2, 0.25) is 0 Å². The van der Waals surface area contributed by atoms with E-state index in [1.54, 1.807) is 0 Å². The number of hydrogen-bond donors (Lipinski definition) is 0. The first-order valence-electron chi connectivity index (χ1n) is 11.9. The van der Waals surface area contributed by atoms with Crippen LogP contribution in [0.15, 0.2) is 96.7 Å². The summed E-state index contributed by atoms with van der Waals surface area (Å²) in [6.07, 6.45) is 11.9. The van der Waals surface area contributed by atoms with Crippen molar-refractivity contribution in [1.29, 1.82) is 0 Å². The molecule has 0 saturated heterocycles. The molecule has 0 radical (unpaired) electrons. The van der Waals surface area contributed by atoms with Crippen molar-refractivity contribution in [2.45, 2.75) is 53.4 Å². The van der Waals surface area contributed by atoms with Crippen LogP contribution in [0, 0.1) is 6.92 Å². The van der Waals surface area contributed by atoms with Crippen molar-refractivity contribution in [1.82, 2.24) is 0 Å². The summed E-state index contributed by atoms with van der Waals surface area (Å²) in [6.45, 7) is 13.1. The van der Waals surface area contributed by atoms with Gasteiger partial charge in [0.15, 0.2) is 0 Å². The summed E-state index contributed by atoms with van der Waals surface area (Å²) in [4.78, 5) is 2.33. The average Bonchev–Trinajstić information content (AvgIpc) is 2.81.